The van der Waals surface area contributed by atoms with Gasteiger partial charge in [0.1, 0.15) is 4.32 Å². The Labute approximate surface area is 79.0 Å². The number of rotatable bonds is 2. The lowest BCUT2D eigenvalue weighted by Crippen LogP contribution is -2.32. The third-order valence-electron chi connectivity index (χ3n) is 1.43. The minimum absolute atomic E-state index is 0.467. The molecular weight excluding hydrogens is 198 g/mol. The minimum Gasteiger partial charge on any atom is -0.371 e. The highest BCUT2D eigenvalue weighted by atomic mass is 32.2. The summed E-state index contributed by atoms with van der Waals surface area (Å²) in [6, 6.07) is 0. The summed E-state index contributed by atoms with van der Waals surface area (Å²) < 4.78 is 11.7. The van der Waals surface area contributed by atoms with Gasteiger partial charge < -0.3 is 5.32 Å². The summed E-state index contributed by atoms with van der Waals surface area (Å²) in [5.74, 6) is 0.770. The van der Waals surface area contributed by atoms with Gasteiger partial charge in [0, 0.05) is 34.6 Å². The van der Waals surface area contributed by atoms with Gasteiger partial charge in [0.2, 0.25) is 0 Å². The van der Waals surface area contributed by atoms with E-state index >= 15 is 0 Å². The molecule has 0 spiro atoms. The van der Waals surface area contributed by atoms with Gasteiger partial charge in [-0.1, -0.05) is 24.0 Å². The maximum absolute atomic E-state index is 10.9. The number of thiocarbonyl (C=S) groups is 1. The zero-order valence-corrected chi connectivity index (χ0v) is 8.78. The van der Waals surface area contributed by atoms with Gasteiger partial charge in [0.05, 0.1) is 0 Å². The molecule has 0 aromatic carbocycles. The van der Waals surface area contributed by atoms with Crippen LogP contribution in [0.2, 0.25) is 0 Å². The average Bonchev–Trinajstić information content (AvgIpc) is 1.85. The molecule has 2 atom stereocenters. The third kappa shape index (κ3) is 3.53. The molecule has 0 aliphatic carbocycles. The van der Waals surface area contributed by atoms with Crippen molar-refractivity contribution in [2.24, 2.45) is 0 Å². The van der Waals surface area contributed by atoms with E-state index in [4.69, 9.17) is 12.2 Å². The Morgan fingerprint density at radius 2 is 2.64 bits per heavy atom. The predicted molar refractivity (Wildman–Crippen MR) is 55.5 cm³/mol. The summed E-state index contributed by atoms with van der Waals surface area (Å²) >= 11 is 6.63. The molecule has 1 aliphatic heterocycles. The van der Waals surface area contributed by atoms with Crippen molar-refractivity contribution in [2.45, 2.75) is 11.7 Å². The topological polar surface area (TPSA) is 29.1 Å². The average molecular weight is 209 g/mol. The van der Waals surface area contributed by atoms with E-state index in [1.807, 2.05) is 0 Å². The molecule has 1 unspecified atom stereocenters. The fourth-order valence-electron chi connectivity index (χ4n) is 0.966. The summed E-state index contributed by atoms with van der Waals surface area (Å²) in [5.41, 5.74) is 0. The first-order chi connectivity index (χ1) is 5.18. The fraction of sp³-hybridized carbons (Fsp3) is 0.833. The number of nitrogens with one attached hydrogen (secondary N) is 1. The smallest absolute Gasteiger partial charge is 0.134 e. The van der Waals surface area contributed by atoms with E-state index < -0.39 is 10.8 Å². The molecule has 5 heteroatoms. The molecule has 1 saturated heterocycles. The summed E-state index contributed by atoms with van der Waals surface area (Å²) in [5, 5.41) is 3.55. The monoisotopic (exact) mass is 209 g/mol. The van der Waals surface area contributed by atoms with Crippen LogP contribution < -0.4 is 5.32 Å². The Morgan fingerprint density at radius 1 is 1.91 bits per heavy atom. The van der Waals surface area contributed by atoms with Gasteiger partial charge in [-0.2, -0.15) is 0 Å². The maximum Gasteiger partial charge on any atom is 0.134 e. The summed E-state index contributed by atoms with van der Waals surface area (Å²) in [7, 11) is -0.686. The van der Waals surface area contributed by atoms with Gasteiger partial charge >= 0.3 is 0 Å². The van der Waals surface area contributed by atoms with Crippen LogP contribution in [-0.2, 0) is 10.8 Å². The maximum atomic E-state index is 10.9. The zero-order chi connectivity index (χ0) is 8.27. The Morgan fingerprint density at radius 3 is 3.18 bits per heavy atom. The van der Waals surface area contributed by atoms with Crippen molar-refractivity contribution in [3.05, 3.63) is 0 Å². The molecule has 0 aromatic rings. The lowest BCUT2D eigenvalue weighted by molar-refractivity contribution is 0.681. The molecule has 0 aromatic heterocycles. The molecular formula is C6H11NOS3. The van der Waals surface area contributed by atoms with Crippen LogP contribution in [0.25, 0.3) is 0 Å². The lowest BCUT2D eigenvalue weighted by atomic mass is 10.3. The van der Waals surface area contributed by atoms with Crippen molar-refractivity contribution in [1.82, 2.24) is 5.32 Å². The normalized spacial score (nSPS) is 27.7. The van der Waals surface area contributed by atoms with Crippen LogP contribution in [0.3, 0.4) is 0 Å². The van der Waals surface area contributed by atoms with Crippen molar-refractivity contribution >= 4 is 39.1 Å². The van der Waals surface area contributed by atoms with E-state index in [-0.39, 0.29) is 0 Å². The molecule has 1 fully saturated rings. The third-order valence-corrected chi connectivity index (χ3v) is 4.04. The van der Waals surface area contributed by atoms with E-state index in [2.05, 4.69) is 5.32 Å². The highest BCUT2D eigenvalue weighted by Crippen LogP contribution is 2.19. The SMILES string of the molecule is C[S@](=O)CC1CCNC(=S)S1. The van der Waals surface area contributed by atoms with Gasteiger partial charge in [0.15, 0.2) is 0 Å². The highest BCUT2D eigenvalue weighted by Gasteiger charge is 2.17. The number of hydrogen-bond donors (Lipinski definition) is 1. The molecule has 1 N–H and O–H groups in total. The largest absolute Gasteiger partial charge is 0.371 e. The first-order valence-electron chi connectivity index (χ1n) is 3.43. The summed E-state index contributed by atoms with van der Waals surface area (Å²) in [4.78, 5) is 0. The van der Waals surface area contributed by atoms with Crippen LogP contribution in [0.15, 0.2) is 0 Å². The molecule has 1 rings (SSSR count). The Kier molecular flexibility index (Phi) is 3.81. The van der Waals surface area contributed by atoms with Gasteiger partial charge in [-0.15, -0.1) is 0 Å². The quantitative estimate of drug-likeness (QED) is 0.679. The first-order valence-corrected chi connectivity index (χ1v) is 6.44. The number of hydrogen-bond acceptors (Lipinski definition) is 3. The van der Waals surface area contributed by atoms with Gasteiger partial charge in [-0.3, -0.25) is 4.21 Å². The van der Waals surface area contributed by atoms with Crippen molar-refractivity contribution in [1.29, 1.82) is 0 Å². The standard InChI is InChI=1S/C6H11NOS3/c1-11(8)4-5-2-3-7-6(9)10-5/h5H,2-4H2,1H3,(H,7,9)/t5?,11-/m0/s1. The van der Waals surface area contributed by atoms with E-state index in [9.17, 15) is 4.21 Å². The summed E-state index contributed by atoms with van der Waals surface area (Å²) in [6.07, 6.45) is 2.82. The van der Waals surface area contributed by atoms with Crippen LogP contribution >= 0.6 is 24.0 Å². The molecule has 0 amide bonds. The molecule has 1 aliphatic rings. The van der Waals surface area contributed by atoms with Crippen molar-refractivity contribution in [2.75, 3.05) is 18.6 Å². The van der Waals surface area contributed by atoms with Crippen LogP contribution in [0.1, 0.15) is 6.42 Å². The van der Waals surface area contributed by atoms with Crippen molar-refractivity contribution in [3.8, 4) is 0 Å². The second-order valence-corrected chi connectivity index (χ2v) is 5.94. The van der Waals surface area contributed by atoms with E-state index in [0.717, 1.165) is 23.0 Å². The molecule has 2 nitrogen and oxygen atoms in total. The first kappa shape index (κ1) is 9.48. The molecule has 1 heterocycles. The van der Waals surface area contributed by atoms with E-state index in [0.29, 0.717) is 5.25 Å². The number of thioether (sulfide) groups is 1. The fourth-order valence-corrected chi connectivity index (χ4v) is 3.74. The summed E-state index contributed by atoms with van der Waals surface area (Å²) in [6.45, 7) is 0.938. The van der Waals surface area contributed by atoms with Crippen molar-refractivity contribution in [3.63, 3.8) is 0 Å². The highest BCUT2D eigenvalue weighted by molar-refractivity contribution is 8.23. The van der Waals surface area contributed by atoms with Crippen LogP contribution in [0.5, 0.6) is 0 Å². The van der Waals surface area contributed by atoms with Gasteiger partial charge in [-0.05, 0) is 6.42 Å². The lowest BCUT2D eigenvalue weighted by Gasteiger charge is -2.21. The van der Waals surface area contributed by atoms with Gasteiger partial charge in [0.25, 0.3) is 0 Å². The second kappa shape index (κ2) is 4.42. The Hall–Kier alpha value is 0.390. The van der Waals surface area contributed by atoms with Crippen LogP contribution in [-0.4, -0.2) is 32.3 Å². The van der Waals surface area contributed by atoms with Gasteiger partial charge in [-0.25, -0.2) is 0 Å². The van der Waals surface area contributed by atoms with E-state index in [1.54, 1.807) is 18.0 Å². The van der Waals surface area contributed by atoms with Crippen LogP contribution in [0.4, 0.5) is 0 Å². The molecule has 0 radical (unpaired) electrons. The van der Waals surface area contributed by atoms with Crippen molar-refractivity contribution < 1.29 is 4.21 Å². The molecule has 0 bridgehead atoms. The zero-order valence-electron chi connectivity index (χ0n) is 6.33. The molecule has 64 valence electrons. The predicted octanol–water partition coefficient (Wildman–Crippen LogP) is 0.745. The molecule has 11 heavy (non-hydrogen) atoms. The van der Waals surface area contributed by atoms with E-state index in [1.165, 1.54) is 0 Å². The second-order valence-electron chi connectivity index (χ2n) is 2.48. The minimum atomic E-state index is -0.686. The molecule has 0 saturated carbocycles. The van der Waals surface area contributed by atoms with Crippen LogP contribution in [0, 0.1) is 0 Å². The Balaban J connectivity index is 2.34. The Bertz CT molecular complexity index is 181.